The largest absolute Gasteiger partial charge is 0.393 e. The average Bonchev–Trinajstić information content (AvgIpc) is 2.69. The lowest BCUT2D eigenvalue weighted by molar-refractivity contribution is 0.137. The van der Waals surface area contributed by atoms with E-state index in [1.54, 1.807) is 0 Å². The molecular formula is C8H15FO. The van der Waals surface area contributed by atoms with Crippen LogP contribution in [0.1, 0.15) is 32.1 Å². The van der Waals surface area contributed by atoms with Crippen LogP contribution in [-0.2, 0) is 0 Å². The highest BCUT2D eigenvalue weighted by molar-refractivity contribution is 4.80. The summed E-state index contributed by atoms with van der Waals surface area (Å²) in [7, 11) is 0. The summed E-state index contributed by atoms with van der Waals surface area (Å²) in [4.78, 5) is 0. The van der Waals surface area contributed by atoms with E-state index in [-0.39, 0.29) is 12.8 Å². The standard InChI is InChI=1S/C8H15FO/c9-6-2-1-3-8(10)7-4-5-7/h7-8,10H,1-6H2. The Kier molecular flexibility index (Phi) is 3.13. The van der Waals surface area contributed by atoms with Crippen LogP contribution in [0.15, 0.2) is 0 Å². The fraction of sp³-hybridized carbons (Fsp3) is 1.00. The molecule has 1 unspecified atom stereocenters. The van der Waals surface area contributed by atoms with E-state index in [1.807, 2.05) is 0 Å². The van der Waals surface area contributed by atoms with E-state index in [0.29, 0.717) is 12.3 Å². The predicted octanol–water partition coefficient (Wildman–Crippen LogP) is 1.90. The number of aliphatic hydroxyl groups is 1. The van der Waals surface area contributed by atoms with Gasteiger partial charge in [-0.25, -0.2) is 0 Å². The summed E-state index contributed by atoms with van der Waals surface area (Å²) >= 11 is 0. The molecule has 1 N–H and O–H groups in total. The van der Waals surface area contributed by atoms with Crippen molar-refractivity contribution in [2.75, 3.05) is 6.67 Å². The fourth-order valence-electron chi connectivity index (χ4n) is 1.16. The minimum Gasteiger partial charge on any atom is -0.393 e. The third-order valence-electron chi connectivity index (χ3n) is 2.05. The van der Waals surface area contributed by atoms with Crippen LogP contribution >= 0.6 is 0 Å². The minimum absolute atomic E-state index is 0.133. The van der Waals surface area contributed by atoms with Gasteiger partial charge in [0.2, 0.25) is 0 Å². The van der Waals surface area contributed by atoms with Crippen molar-refractivity contribution in [1.29, 1.82) is 0 Å². The number of aliphatic hydroxyl groups excluding tert-OH is 1. The zero-order chi connectivity index (χ0) is 7.40. The van der Waals surface area contributed by atoms with Gasteiger partial charge in [-0.1, -0.05) is 0 Å². The van der Waals surface area contributed by atoms with Crippen molar-refractivity contribution in [3.63, 3.8) is 0 Å². The van der Waals surface area contributed by atoms with Crippen molar-refractivity contribution in [3.05, 3.63) is 0 Å². The minimum atomic E-state index is -0.239. The Morgan fingerprint density at radius 3 is 2.60 bits per heavy atom. The molecule has 1 aliphatic rings. The molecule has 1 rings (SSSR count). The monoisotopic (exact) mass is 146 g/mol. The van der Waals surface area contributed by atoms with Gasteiger partial charge in [-0.15, -0.1) is 0 Å². The predicted molar refractivity (Wildman–Crippen MR) is 38.6 cm³/mol. The molecule has 0 amide bonds. The van der Waals surface area contributed by atoms with Crippen molar-refractivity contribution in [2.24, 2.45) is 5.92 Å². The van der Waals surface area contributed by atoms with Crippen LogP contribution in [0.25, 0.3) is 0 Å². The summed E-state index contributed by atoms with van der Waals surface area (Å²) in [5.74, 6) is 0.555. The molecule has 10 heavy (non-hydrogen) atoms. The third-order valence-corrected chi connectivity index (χ3v) is 2.05. The summed E-state index contributed by atoms with van der Waals surface area (Å²) in [5, 5.41) is 9.29. The summed E-state index contributed by atoms with van der Waals surface area (Å²) in [6.07, 6.45) is 4.48. The highest BCUT2D eigenvalue weighted by Gasteiger charge is 2.28. The Balaban J connectivity index is 1.90. The number of unbranched alkanes of at least 4 members (excludes halogenated alkanes) is 1. The van der Waals surface area contributed by atoms with Crippen molar-refractivity contribution >= 4 is 0 Å². The SMILES string of the molecule is OC(CCCCF)C1CC1. The van der Waals surface area contributed by atoms with Crippen LogP contribution in [0, 0.1) is 5.92 Å². The first-order chi connectivity index (χ1) is 4.84. The zero-order valence-corrected chi connectivity index (χ0v) is 6.22. The number of alkyl halides is 1. The number of hydrogen-bond donors (Lipinski definition) is 1. The maximum Gasteiger partial charge on any atom is 0.0894 e. The van der Waals surface area contributed by atoms with Crippen molar-refractivity contribution in [1.82, 2.24) is 0 Å². The highest BCUT2D eigenvalue weighted by Crippen LogP contribution is 2.34. The molecule has 1 aliphatic carbocycles. The van der Waals surface area contributed by atoms with Crippen LogP contribution in [0.3, 0.4) is 0 Å². The zero-order valence-electron chi connectivity index (χ0n) is 6.22. The van der Waals surface area contributed by atoms with Crippen LogP contribution in [0.5, 0.6) is 0 Å². The number of rotatable bonds is 5. The van der Waals surface area contributed by atoms with Crippen molar-refractivity contribution in [2.45, 2.75) is 38.2 Å². The van der Waals surface area contributed by atoms with E-state index in [4.69, 9.17) is 0 Å². The molecular weight excluding hydrogens is 131 g/mol. The fourth-order valence-corrected chi connectivity index (χ4v) is 1.16. The van der Waals surface area contributed by atoms with Gasteiger partial charge in [0.25, 0.3) is 0 Å². The quantitative estimate of drug-likeness (QED) is 0.587. The molecule has 0 aliphatic heterocycles. The van der Waals surface area contributed by atoms with E-state index < -0.39 is 0 Å². The topological polar surface area (TPSA) is 20.2 Å². The first-order valence-corrected chi connectivity index (χ1v) is 4.08. The molecule has 0 radical (unpaired) electrons. The summed E-state index contributed by atoms with van der Waals surface area (Å²) in [6, 6.07) is 0. The summed E-state index contributed by atoms with van der Waals surface area (Å²) < 4.78 is 11.6. The number of halogens is 1. The van der Waals surface area contributed by atoms with Crippen LogP contribution in [-0.4, -0.2) is 17.9 Å². The van der Waals surface area contributed by atoms with Gasteiger partial charge in [-0.2, -0.15) is 0 Å². The van der Waals surface area contributed by atoms with Gasteiger partial charge in [-0.05, 0) is 38.0 Å². The molecule has 2 heteroatoms. The molecule has 0 aromatic rings. The lowest BCUT2D eigenvalue weighted by atomic mass is 10.1. The third kappa shape index (κ3) is 2.65. The van der Waals surface area contributed by atoms with E-state index in [9.17, 15) is 9.50 Å². The van der Waals surface area contributed by atoms with Crippen molar-refractivity contribution < 1.29 is 9.50 Å². The van der Waals surface area contributed by atoms with Gasteiger partial charge in [0.15, 0.2) is 0 Å². The molecule has 60 valence electrons. The second-order valence-electron chi connectivity index (χ2n) is 3.09. The molecule has 0 saturated heterocycles. The maximum absolute atomic E-state index is 11.6. The van der Waals surface area contributed by atoms with Gasteiger partial charge >= 0.3 is 0 Å². The van der Waals surface area contributed by atoms with Gasteiger partial charge in [-0.3, -0.25) is 4.39 Å². The normalized spacial score (nSPS) is 21.0. The maximum atomic E-state index is 11.6. The Hall–Kier alpha value is -0.110. The van der Waals surface area contributed by atoms with Gasteiger partial charge in [0.1, 0.15) is 0 Å². The van der Waals surface area contributed by atoms with Crippen LogP contribution < -0.4 is 0 Å². The molecule has 0 bridgehead atoms. The molecule has 0 aromatic carbocycles. The number of hydrogen-bond acceptors (Lipinski definition) is 1. The molecule has 1 saturated carbocycles. The van der Waals surface area contributed by atoms with Gasteiger partial charge in [0.05, 0.1) is 12.8 Å². The molecule has 0 spiro atoms. The smallest absolute Gasteiger partial charge is 0.0894 e. The molecule has 0 heterocycles. The Bertz CT molecular complexity index is 91.3. The summed E-state index contributed by atoms with van der Waals surface area (Å²) in [5.41, 5.74) is 0. The molecule has 1 fully saturated rings. The second kappa shape index (κ2) is 3.91. The van der Waals surface area contributed by atoms with E-state index in [2.05, 4.69) is 0 Å². The molecule has 1 nitrogen and oxygen atoms in total. The Labute approximate surface area is 61.2 Å². The van der Waals surface area contributed by atoms with Gasteiger partial charge < -0.3 is 5.11 Å². The summed E-state index contributed by atoms with van der Waals surface area (Å²) in [6.45, 7) is -0.239. The van der Waals surface area contributed by atoms with E-state index >= 15 is 0 Å². The first-order valence-electron chi connectivity index (χ1n) is 4.08. The molecule has 0 aromatic heterocycles. The Morgan fingerprint density at radius 1 is 1.40 bits per heavy atom. The van der Waals surface area contributed by atoms with Crippen molar-refractivity contribution in [3.8, 4) is 0 Å². The van der Waals surface area contributed by atoms with E-state index in [0.717, 1.165) is 12.8 Å². The molecule has 1 atom stereocenters. The first kappa shape index (κ1) is 7.99. The van der Waals surface area contributed by atoms with Crippen LogP contribution in [0.4, 0.5) is 4.39 Å². The average molecular weight is 146 g/mol. The lowest BCUT2D eigenvalue weighted by Gasteiger charge is -2.06. The Morgan fingerprint density at radius 2 is 2.10 bits per heavy atom. The lowest BCUT2D eigenvalue weighted by Crippen LogP contribution is -2.08. The second-order valence-corrected chi connectivity index (χ2v) is 3.09. The van der Waals surface area contributed by atoms with Gasteiger partial charge in [0, 0.05) is 0 Å². The highest BCUT2D eigenvalue weighted by atomic mass is 19.1. The van der Waals surface area contributed by atoms with E-state index in [1.165, 1.54) is 12.8 Å². The van der Waals surface area contributed by atoms with Crippen LogP contribution in [0.2, 0.25) is 0 Å².